The van der Waals surface area contributed by atoms with Crippen molar-refractivity contribution in [3.8, 4) is 0 Å². The topological polar surface area (TPSA) is 33.1 Å². The molecule has 2 rings (SSSR count). The molecule has 0 bridgehead atoms. The maximum Gasteiger partial charge on any atom is 0.123 e. The molecule has 0 saturated heterocycles. The monoisotopic (exact) mass is 203 g/mol. The quantitative estimate of drug-likeness (QED) is 0.812. The van der Waals surface area contributed by atoms with Crippen LogP contribution >= 0.6 is 0 Å². The number of hydrogen-bond acceptors (Lipinski definition) is 2. The summed E-state index contributed by atoms with van der Waals surface area (Å²) in [6, 6.07) is 11.1. The summed E-state index contributed by atoms with van der Waals surface area (Å²) in [7, 11) is 0. The molecule has 76 valence electrons. The third-order valence-electron chi connectivity index (χ3n) is 2.15. The Kier molecular flexibility index (Phi) is 2.74. The average Bonchev–Trinajstić information content (AvgIpc) is 2.30. The van der Waals surface area contributed by atoms with Gasteiger partial charge in [0.2, 0.25) is 0 Å². The lowest BCUT2D eigenvalue weighted by Crippen LogP contribution is -2.01. The summed E-state index contributed by atoms with van der Waals surface area (Å²) >= 11 is 0. The number of benzene rings is 1. The number of pyridine rings is 1. The molecule has 0 saturated carbocycles. The first kappa shape index (κ1) is 9.80. The van der Waals surface area contributed by atoms with E-state index in [0.29, 0.717) is 11.3 Å². The third-order valence-corrected chi connectivity index (χ3v) is 2.15. The van der Waals surface area contributed by atoms with E-state index in [1.165, 1.54) is 12.1 Å². The summed E-state index contributed by atoms with van der Waals surface area (Å²) in [5.74, 6) is -0.313. The first-order chi connectivity index (χ1) is 7.27. The van der Waals surface area contributed by atoms with E-state index >= 15 is 0 Å². The van der Waals surface area contributed by atoms with Crippen molar-refractivity contribution in [2.24, 2.45) is 0 Å². The maximum absolute atomic E-state index is 12.7. The fourth-order valence-electron chi connectivity index (χ4n) is 1.35. The highest BCUT2D eigenvalue weighted by atomic mass is 19.1. The van der Waals surface area contributed by atoms with Crippen molar-refractivity contribution < 1.29 is 9.50 Å². The fraction of sp³-hybridized carbons (Fsp3) is 0.0833. The van der Waals surface area contributed by atoms with Crippen LogP contribution in [0.3, 0.4) is 0 Å². The molecular formula is C12H10FNO. The Morgan fingerprint density at radius 1 is 1.07 bits per heavy atom. The number of rotatable bonds is 2. The first-order valence-electron chi connectivity index (χ1n) is 4.62. The molecule has 0 fully saturated rings. The van der Waals surface area contributed by atoms with Crippen molar-refractivity contribution in [2.75, 3.05) is 0 Å². The summed E-state index contributed by atoms with van der Waals surface area (Å²) in [6.45, 7) is 0. The minimum atomic E-state index is -0.799. The van der Waals surface area contributed by atoms with Gasteiger partial charge in [-0.2, -0.15) is 0 Å². The molecule has 0 aliphatic heterocycles. The molecule has 3 heteroatoms. The second-order valence-corrected chi connectivity index (χ2v) is 3.21. The second kappa shape index (κ2) is 4.19. The number of aromatic nitrogens is 1. The smallest absolute Gasteiger partial charge is 0.123 e. The molecule has 2 aromatic rings. The Morgan fingerprint density at radius 2 is 1.80 bits per heavy atom. The Balaban J connectivity index is 2.29. The predicted molar refractivity (Wildman–Crippen MR) is 54.7 cm³/mol. The van der Waals surface area contributed by atoms with Gasteiger partial charge in [-0.05, 0) is 29.8 Å². The van der Waals surface area contributed by atoms with Gasteiger partial charge in [-0.1, -0.05) is 18.2 Å². The molecular weight excluding hydrogens is 193 g/mol. The normalized spacial score (nSPS) is 12.4. The number of hydrogen-bond donors (Lipinski definition) is 1. The van der Waals surface area contributed by atoms with E-state index in [0.717, 1.165) is 0 Å². The summed E-state index contributed by atoms with van der Waals surface area (Å²) in [5, 5.41) is 9.90. The molecule has 1 aromatic heterocycles. The molecule has 1 atom stereocenters. The molecule has 0 spiro atoms. The van der Waals surface area contributed by atoms with Gasteiger partial charge in [-0.15, -0.1) is 0 Å². The van der Waals surface area contributed by atoms with E-state index in [2.05, 4.69) is 4.98 Å². The van der Waals surface area contributed by atoms with Crippen LogP contribution in [0.5, 0.6) is 0 Å². The SMILES string of the molecule is O[C@H](c1ccc(F)cc1)c1ccccn1. The highest BCUT2D eigenvalue weighted by molar-refractivity contribution is 5.25. The van der Waals surface area contributed by atoms with Crippen molar-refractivity contribution in [1.82, 2.24) is 4.98 Å². The van der Waals surface area contributed by atoms with Crippen LogP contribution in [0.15, 0.2) is 48.7 Å². The van der Waals surface area contributed by atoms with Gasteiger partial charge in [-0.25, -0.2) is 4.39 Å². The number of aliphatic hydroxyl groups excluding tert-OH is 1. The molecule has 1 N–H and O–H groups in total. The van der Waals surface area contributed by atoms with E-state index in [9.17, 15) is 9.50 Å². The molecule has 0 radical (unpaired) electrons. The van der Waals surface area contributed by atoms with E-state index < -0.39 is 6.10 Å². The van der Waals surface area contributed by atoms with Gasteiger partial charge in [0.1, 0.15) is 11.9 Å². The zero-order valence-corrected chi connectivity index (χ0v) is 7.97. The van der Waals surface area contributed by atoms with E-state index in [-0.39, 0.29) is 5.82 Å². The lowest BCUT2D eigenvalue weighted by molar-refractivity contribution is 0.215. The Bertz CT molecular complexity index is 427. The molecule has 15 heavy (non-hydrogen) atoms. The van der Waals surface area contributed by atoms with E-state index in [1.54, 1.807) is 36.5 Å². The van der Waals surface area contributed by atoms with Crippen LogP contribution in [0.2, 0.25) is 0 Å². The third kappa shape index (κ3) is 2.19. The van der Waals surface area contributed by atoms with Gasteiger partial charge in [0.25, 0.3) is 0 Å². The molecule has 1 heterocycles. The van der Waals surface area contributed by atoms with Gasteiger partial charge in [0.15, 0.2) is 0 Å². The largest absolute Gasteiger partial charge is 0.382 e. The van der Waals surface area contributed by atoms with Gasteiger partial charge >= 0.3 is 0 Å². The minimum Gasteiger partial charge on any atom is -0.382 e. The van der Waals surface area contributed by atoms with Crippen molar-refractivity contribution >= 4 is 0 Å². The zero-order chi connectivity index (χ0) is 10.7. The number of nitrogens with zero attached hydrogens (tertiary/aromatic N) is 1. The van der Waals surface area contributed by atoms with Crippen molar-refractivity contribution in [3.05, 3.63) is 65.7 Å². The number of halogens is 1. The van der Waals surface area contributed by atoms with E-state index in [1.807, 2.05) is 0 Å². The van der Waals surface area contributed by atoms with Crippen LogP contribution < -0.4 is 0 Å². The van der Waals surface area contributed by atoms with Crippen molar-refractivity contribution in [3.63, 3.8) is 0 Å². The Hall–Kier alpha value is -1.74. The van der Waals surface area contributed by atoms with Gasteiger partial charge < -0.3 is 5.11 Å². The van der Waals surface area contributed by atoms with Gasteiger partial charge in [-0.3, -0.25) is 4.98 Å². The predicted octanol–water partition coefficient (Wildman–Crippen LogP) is 2.30. The van der Waals surface area contributed by atoms with Crippen LogP contribution in [0.4, 0.5) is 4.39 Å². The van der Waals surface area contributed by atoms with Crippen LogP contribution in [0, 0.1) is 5.82 Å². The lowest BCUT2D eigenvalue weighted by atomic mass is 10.1. The summed E-state index contributed by atoms with van der Waals surface area (Å²) < 4.78 is 12.7. The van der Waals surface area contributed by atoms with Crippen molar-refractivity contribution in [1.29, 1.82) is 0 Å². The summed E-state index contributed by atoms with van der Waals surface area (Å²) in [6.07, 6.45) is 0.814. The van der Waals surface area contributed by atoms with Gasteiger partial charge in [0.05, 0.1) is 5.69 Å². The Morgan fingerprint density at radius 3 is 2.40 bits per heavy atom. The fourth-order valence-corrected chi connectivity index (χ4v) is 1.35. The first-order valence-corrected chi connectivity index (χ1v) is 4.62. The van der Waals surface area contributed by atoms with Crippen LogP contribution in [0.1, 0.15) is 17.4 Å². The highest BCUT2D eigenvalue weighted by Gasteiger charge is 2.10. The molecule has 0 unspecified atom stereocenters. The van der Waals surface area contributed by atoms with Crippen LogP contribution in [-0.2, 0) is 0 Å². The number of aliphatic hydroxyl groups is 1. The highest BCUT2D eigenvalue weighted by Crippen LogP contribution is 2.19. The second-order valence-electron chi connectivity index (χ2n) is 3.21. The average molecular weight is 203 g/mol. The standard InChI is InChI=1S/C12H10FNO/c13-10-6-4-9(5-7-10)12(15)11-3-1-2-8-14-11/h1-8,12,15H/t12-/m1/s1. The van der Waals surface area contributed by atoms with Gasteiger partial charge in [0, 0.05) is 6.20 Å². The maximum atomic E-state index is 12.7. The summed E-state index contributed by atoms with van der Waals surface area (Å²) in [4.78, 5) is 4.03. The zero-order valence-electron chi connectivity index (χ0n) is 7.97. The van der Waals surface area contributed by atoms with Crippen LogP contribution in [-0.4, -0.2) is 10.1 Å². The van der Waals surface area contributed by atoms with Crippen LogP contribution in [0.25, 0.3) is 0 Å². The molecule has 0 aliphatic carbocycles. The molecule has 0 aliphatic rings. The Labute approximate surface area is 87.0 Å². The molecule has 0 amide bonds. The van der Waals surface area contributed by atoms with Crippen molar-refractivity contribution in [2.45, 2.75) is 6.10 Å². The molecule has 2 nitrogen and oxygen atoms in total. The van der Waals surface area contributed by atoms with E-state index in [4.69, 9.17) is 0 Å². The summed E-state index contributed by atoms with van der Waals surface area (Å²) in [5.41, 5.74) is 1.19. The molecule has 1 aromatic carbocycles. The lowest BCUT2D eigenvalue weighted by Gasteiger charge is -2.09. The minimum absolute atomic E-state index is 0.313.